The molecule has 2 aromatic carbocycles. The molecule has 6 heteroatoms. The Kier molecular flexibility index (Phi) is 5.19. The summed E-state index contributed by atoms with van der Waals surface area (Å²) in [5, 5.41) is 9.27. The third-order valence-electron chi connectivity index (χ3n) is 4.21. The average molecular weight is 370 g/mol. The lowest BCUT2D eigenvalue weighted by Crippen LogP contribution is -2.30. The maximum Gasteiger partial charge on any atom is 0.328 e. The van der Waals surface area contributed by atoms with Gasteiger partial charge in [-0.25, -0.2) is 4.79 Å². The molecule has 1 N–H and O–H groups in total. The third kappa shape index (κ3) is 4.00. The van der Waals surface area contributed by atoms with Crippen LogP contribution in [0, 0.1) is 5.92 Å². The van der Waals surface area contributed by atoms with E-state index < -0.39 is 11.9 Å². The number of nitrogens with zero attached hydrogens (tertiary/aromatic N) is 1. The van der Waals surface area contributed by atoms with Crippen molar-refractivity contribution in [1.29, 1.82) is 0 Å². The number of amides is 2. The fourth-order valence-corrected chi connectivity index (χ4v) is 3.06. The second kappa shape index (κ2) is 7.54. The van der Waals surface area contributed by atoms with Crippen molar-refractivity contribution in [1.82, 2.24) is 0 Å². The van der Waals surface area contributed by atoms with E-state index in [0.717, 1.165) is 11.6 Å². The van der Waals surface area contributed by atoms with Gasteiger partial charge in [0.1, 0.15) is 0 Å². The molecule has 5 nitrogen and oxygen atoms in total. The highest BCUT2D eigenvalue weighted by Crippen LogP contribution is 2.29. The lowest BCUT2D eigenvalue weighted by Gasteiger charge is -2.15. The minimum atomic E-state index is -1.04. The van der Waals surface area contributed by atoms with Gasteiger partial charge >= 0.3 is 5.97 Å². The molecule has 2 aromatic rings. The number of aliphatic carboxylic acids is 1. The second-order valence-corrected chi connectivity index (χ2v) is 6.50. The third-order valence-corrected chi connectivity index (χ3v) is 4.46. The van der Waals surface area contributed by atoms with Gasteiger partial charge < -0.3 is 5.11 Å². The summed E-state index contributed by atoms with van der Waals surface area (Å²) < 4.78 is 0. The molecule has 1 heterocycles. The zero-order chi connectivity index (χ0) is 18.7. The monoisotopic (exact) mass is 369 g/mol. The van der Waals surface area contributed by atoms with E-state index in [0.29, 0.717) is 22.7 Å². The molecular formula is C20H16ClNO4. The van der Waals surface area contributed by atoms with Gasteiger partial charge in [0.05, 0.1) is 11.6 Å². The normalized spacial score (nSPS) is 17.3. The van der Waals surface area contributed by atoms with Gasteiger partial charge in [-0.1, -0.05) is 35.9 Å². The van der Waals surface area contributed by atoms with Crippen LogP contribution in [0.4, 0.5) is 5.69 Å². The zero-order valence-corrected chi connectivity index (χ0v) is 14.5. The Morgan fingerprint density at radius 2 is 1.77 bits per heavy atom. The highest BCUT2D eigenvalue weighted by molar-refractivity contribution is 6.30. The summed E-state index contributed by atoms with van der Waals surface area (Å²) in [6.45, 7) is 0. The van der Waals surface area contributed by atoms with Gasteiger partial charge in [-0.05, 0) is 47.9 Å². The first kappa shape index (κ1) is 17.9. The van der Waals surface area contributed by atoms with Crippen molar-refractivity contribution in [3.05, 3.63) is 70.8 Å². The number of halogens is 1. The molecule has 0 bridgehead atoms. The van der Waals surface area contributed by atoms with Crippen LogP contribution in [0.2, 0.25) is 5.02 Å². The summed E-state index contributed by atoms with van der Waals surface area (Å²) in [5.74, 6) is -1.89. The second-order valence-electron chi connectivity index (χ2n) is 6.06. The molecule has 3 rings (SSSR count). The van der Waals surface area contributed by atoms with Crippen LogP contribution < -0.4 is 4.90 Å². The fourth-order valence-electron chi connectivity index (χ4n) is 2.93. The lowest BCUT2D eigenvalue weighted by atomic mass is 9.98. The maximum absolute atomic E-state index is 12.7. The van der Waals surface area contributed by atoms with E-state index in [4.69, 9.17) is 16.7 Å². The topological polar surface area (TPSA) is 74.7 Å². The first-order valence-electron chi connectivity index (χ1n) is 8.06. The van der Waals surface area contributed by atoms with Crippen molar-refractivity contribution in [3.8, 4) is 0 Å². The Morgan fingerprint density at radius 1 is 1.12 bits per heavy atom. The Labute approximate surface area is 155 Å². The molecule has 1 fully saturated rings. The van der Waals surface area contributed by atoms with Crippen molar-refractivity contribution < 1.29 is 19.5 Å². The van der Waals surface area contributed by atoms with Crippen LogP contribution in [-0.2, 0) is 20.8 Å². The molecule has 0 radical (unpaired) electrons. The number of anilines is 1. The number of carboxylic acid groups (broad SMARTS) is 1. The number of carboxylic acids is 1. The Morgan fingerprint density at radius 3 is 2.38 bits per heavy atom. The van der Waals surface area contributed by atoms with E-state index in [2.05, 4.69) is 0 Å². The van der Waals surface area contributed by atoms with Crippen LogP contribution in [0.15, 0.2) is 54.6 Å². The summed E-state index contributed by atoms with van der Waals surface area (Å²) in [6, 6.07) is 13.9. The molecule has 0 saturated carbocycles. The van der Waals surface area contributed by atoms with Crippen LogP contribution in [0.1, 0.15) is 17.5 Å². The van der Waals surface area contributed by atoms with Crippen molar-refractivity contribution in [2.75, 3.05) is 4.90 Å². The number of carbonyl (C=O) groups excluding carboxylic acids is 2. The molecule has 132 valence electrons. The SMILES string of the molecule is O=C(O)/C=C/c1ccc(N2C(=O)C[C@H](Cc3ccc(Cl)cc3)C2=O)cc1. The van der Waals surface area contributed by atoms with Gasteiger partial charge in [0.15, 0.2) is 0 Å². The fraction of sp³-hybridized carbons (Fsp3) is 0.150. The minimum absolute atomic E-state index is 0.169. The van der Waals surface area contributed by atoms with Crippen LogP contribution in [-0.4, -0.2) is 22.9 Å². The van der Waals surface area contributed by atoms with Crippen LogP contribution in [0.3, 0.4) is 0 Å². The predicted molar refractivity (Wildman–Crippen MR) is 98.9 cm³/mol. The van der Waals surface area contributed by atoms with E-state index in [1.807, 2.05) is 12.1 Å². The molecular weight excluding hydrogens is 354 g/mol. The predicted octanol–water partition coefficient (Wildman–Crippen LogP) is 3.56. The van der Waals surface area contributed by atoms with Gasteiger partial charge in [-0.15, -0.1) is 0 Å². The Bertz CT molecular complexity index is 872. The lowest BCUT2D eigenvalue weighted by molar-refractivity contribution is -0.131. The summed E-state index contributed by atoms with van der Waals surface area (Å²) in [4.78, 5) is 36.8. The molecule has 1 atom stereocenters. The van der Waals surface area contributed by atoms with Crippen molar-refractivity contribution in [2.24, 2.45) is 5.92 Å². The quantitative estimate of drug-likeness (QED) is 0.646. The van der Waals surface area contributed by atoms with Crippen LogP contribution in [0.25, 0.3) is 6.08 Å². The van der Waals surface area contributed by atoms with Gasteiger partial charge in [0.2, 0.25) is 11.8 Å². The van der Waals surface area contributed by atoms with Crippen LogP contribution in [0.5, 0.6) is 0 Å². The van der Waals surface area contributed by atoms with Gasteiger partial charge in [-0.3, -0.25) is 14.5 Å². The Hall–Kier alpha value is -2.92. The molecule has 1 aliphatic rings. The average Bonchev–Trinajstić information content (AvgIpc) is 2.89. The first-order chi connectivity index (χ1) is 12.4. The summed E-state index contributed by atoms with van der Waals surface area (Å²) in [7, 11) is 0. The Balaban J connectivity index is 1.74. The molecule has 1 aliphatic heterocycles. The van der Waals surface area contributed by atoms with E-state index in [1.54, 1.807) is 36.4 Å². The van der Waals surface area contributed by atoms with Gasteiger partial charge in [0.25, 0.3) is 0 Å². The molecule has 0 spiro atoms. The van der Waals surface area contributed by atoms with Crippen molar-refractivity contribution >= 4 is 41.1 Å². The van der Waals surface area contributed by atoms with E-state index in [-0.39, 0.29) is 18.2 Å². The van der Waals surface area contributed by atoms with Crippen LogP contribution >= 0.6 is 11.6 Å². The highest BCUT2D eigenvalue weighted by atomic mass is 35.5. The van der Waals surface area contributed by atoms with E-state index in [1.165, 1.54) is 11.0 Å². The number of benzene rings is 2. The summed E-state index contributed by atoms with van der Waals surface area (Å²) >= 11 is 5.87. The van der Waals surface area contributed by atoms with Gasteiger partial charge in [0, 0.05) is 17.5 Å². The number of hydrogen-bond acceptors (Lipinski definition) is 3. The largest absolute Gasteiger partial charge is 0.478 e. The highest BCUT2D eigenvalue weighted by Gasteiger charge is 2.39. The molecule has 0 aromatic heterocycles. The standard InChI is InChI=1S/C20H16ClNO4/c21-16-6-1-14(2-7-16)11-15-12-18(23)22(20(15)26)17-8-3-13(4-9-17)5-10-19(24)25/h1-10,15H,11-12H2,(H,24,25)/b10-5+/t15-/m0/s1. The maximum atomic E-state index is 12.7. The molecule has 1 saturated heterocycles. The van der Waals surface area contributed by atoms with Crippen molar-refractivity contribution in [2.45, 2.75) is 12.8 Å². The molecule has 0 aliphatic carbocycles. The number of imide groups is 1. The van der Waals surface area contributed by atoms with E-state index in [9.17, 15) is 14.4 Å². The molecule has 0 unspecified atom stereocenters. The number of rotatable bonds is 5. The number of carbonyl (C=O) groups is 3. The zero-order valence-electron chi connectivity index (χ0n) is 13.8. The van der Waals surface area contributed by atoms with Gasteiger partial charge in [-0.2, -0.15) is 0 Å². The number of hydrogen-bond donors (Lipinski definition) is 1. The summed E-state index contributed by atoms with van der Waals surface area (Å²) in [5.41, 5.74) is 2.12. The minimum Gasteiger partial charge on any atom is -0.478 e. The van der Waals surface area contributed by atoms with Crippen molar-refractivity contribution in [3.63, 3.8) is 0 Å². The first-order valence-corrected chi connectivity index (χ1v) is 8.44. The summed E-state index contributed by atoms with van der Waals surface area (Å²) in [6.07, 6.45) is 3.13. The molecule has 2 amide bonds. The van der Waals surface area contributed by atoms with E-state index >= 15 is 0 Å². The smallest absolute Gasteiger partial charge is 0.328 e. The molecule has 26 heavy (non-hydrogen) atoms.